The number of nitrogens with one attached hydrogen (secondary N) is 2. The molecular weight excluding hydrogens is 314 g/mol. The first-order valence-corrected chi connectivity index (χ1v) is 9.22. The highest BCUT2D eigenvalue weighted by atomic mass is 32.2. The molecule has 0 aromatic carbocycles. The molecule has 2 saturated heterocycles. The third kappa shape index (κ3) is 3.99. The molecule has 3 amide bonds. The fraction of sp³-hybridized carbons (Fsp3) is 0.667. The summed E-state index contributed by atoms with van der Waals surface area (Å²) in [7, 11) is 1.82. The van der Waals surface area contributed by atoms with Gasteiger partial charge < -0.3 is 10.6 Å². The molecule has 2 fully saturated rings. The third-order valence-corrected chi connectivity index (χ3v) is 5.53. The van der Waals surface area contributed by atoms with Gasteiger partial charge in [0.25, 0.3) is 5.91 Å². The van der Waals surface area contributed by atoms with Crippen LogP contribution in [-0.4, -0.2) is 52.4 Å². The molecule has 0 spiro atoms. The molecule has 1 aromatic heterocycles. The molecule has 0 bridgehead atoms. The number of carbonyl (C=O) groups is 2. The number of anilines is 1. The molecule has 1 aromatic rings. The van der Waals surface area contributed by atoms with Crippen LogP contribution < -0.4 is 15.5 Å². The molecule has 7 nitrogen and oxygen atoms in total. The predicted molar refractivity (Wildman–Crippen MR) is 90.5 cm³/mol. The molecule has 126 valence electrons. The number of rotatable bonds is 4. The molecule has 8 heteroatoms. The van der Waals surface area contributed by atoms with Gasteiger partial charge in [-0.1, -0.05) is 0 Å². The van der Waals surface area contributed by atoms with E-state index in [1.54, 1.807) is 9.58 Å². The quantitative estimate of drug-likeness (QED) is 0.858. The van der Waals surface area contributed by atoms with Crippen LogP contribution in [0.5, 0.6) is 0 Å². The van der Waals surface area contributed by atoms with E-state index in [4.69, 9.17) is 0 Å². The molecule has 2 atom stereocenters. The third-order valence-electron chi connectivity index (χ3n) is 4.30. The van der Waals surface area contributed by atoms with Crippen molar-refractivity contribution in [2.45, 2.75) is 25.3 Å². The molecule has 2 unspecified atom stereocenters. The summed E-state index contributed by atoms with van der Waals surface area (Å²) in [5.41, 5.74) is 0. The Morgan fingerprint density at radius 2 is 2.35 bits per heavy atom. The van der Waals surface area contributed by atoms with E-state index in [2.05, 4.69) is 15.7 Å². The number of hydrogen-bond donors (Lipinski definition) is 2. The number of aromatic nitrogens is 2. The lowest BCUT2D eigenvalue weighted by Gasteiger charge is -2.31. The van der Waals surface area contributed by atoms with Crippen LogP contribution in [0.3, 0.4) is 0 Å². The minimum absolute atomic E-state index is 0.0819. The summed E-state index contributed by atoms with van der Waals surface area (Å²) in [5, 5.41) is 9.99. The van der Waals surface area contributed by atoms with E-state index in [-0.39, 0.29) is 11.9 Å². The molecule has 2 N–H and O–H groups in total. The molecule has 23 heavy (non-hydrogen) atoms. The maximum atomic E-state index is 12.6. The van der Waals surface area contributed by atoms with Gasteiger partial charge >= 0.3 is 6.03 Å². The zero-order valence-corrected chi connectivity index (χ0v) is 14.1. The molecule has 3 heterocycles. The second-order valence-electron chi connectivity index (χ2n) is 6.12. The van der Waals surface area contributed by atoms with Crippen LogP contribution in [0, 0.1) is 5.92 Å². The summed E-state index contributed by atoms with van der Waals surface area (Å²) in [6.45, 7) is 1.33. The average molecular weight is 337 g/mol. The van der Waals surface area contributed by atoms with Gasteiger partial charge in [-0.25, -0.2) is 4.79 Å². The summed E-state index contributed by atoms with van der Waals surface area (Å²) in [6, 6.07) is 1.10. The molecular formula is C15H23N5O2S. The van der Waals surface area contributed by atoms with Gasteiger partial charge in [-0.2, -0.15) is 16.9 Å². The van der Waals surface area contributed by atoms with Gasteiger partial charge in [0, 0.05) is 32.4 Å². The van der Waals surface area contributed by atoms with Crippen molar-refractivity contribution < 1.29 is 9.59 Å². The van der Waals surface area contributed by atoms with Gasteiger partial charge in [-0.05, 0) is 36.7 Å². The van der Waals surface area contributed by atoms with Crippen molar-refractivity contribution in [3.63, 3.8) is 0 Å². The number of nitrogens with zero attached hydrogens (tertiary/aromatic N) is 3. The number of aryl methyl sites for hydroxylation is 1. The summed E-state index contributed by atoms with van der Waals surface area (Å²) < 4.78 is 1.67. The topological polar surface area (TPSA) is 79.3 Å². The van der Waals surface area contributed by atoms with E-state index in [0.717, 1.165) is 18.6 Å². The van der Waals surface area contributed by atoms with Crippen molar-refractivity contribution in [3.05, 3.63) is 12.3 Å². The van der Waals surface area contributed by atoms with Crippen LogP contribution in [0.15, 0.2) is 12.3 Å². The average Bonchev–Trinajstić information content (AvgIpc) is 3.19. The van der Waals surface area contributed by atoms with E-state index in [1.807, 2.05) is 31.1 Å². The van der Waals surface area contributed by atoms with Crippen LogP contribution >= 0.6 is 11.8 Å². The minimum Gasteiger partial charge on any atom is -0.338 e. The normalized spacial score (nSPS) is 24.7. The Morgan fingerprint density at radius 3 is 3.04 bits per heavy atom. The van der Waals surface area contributed by atoms with Crippen LogP contribution in [0.4, 0.5) is 10.6 Å². The van der Waals surface area contributed by atoms with Crippen molar-refractivity contribution in [2.75, 3.05) is 29.5 Å². The molecule has 2 aliphatic rings. The Kier molecular flexibility index (Phi) is 5.09. The van der Waals surface area contributed by atoms with Crippen molar-refractivity contribution in [2.24, 2.45) is 13.0 Å². The number of carbonyl (C=O) groups excluding carboxylic acids is 2. The SMILES string of the molecule is Cn1ccc(N2CCCC(NC(=O)NCC3CCSC3)C2=O)n1. The summed E-state index contributed by atoms with van der Waals surface area (Å²) in [4.78, 5) is 26.3. The number of hydrogen-bond acceptors (Lipinski definition) is 4. The van der Waals surface area contributed by atoms with Crippen molar-refractivity contribution in [1.29, 1.82) is 0 Å². The first-order valence-electron chi connectivity index (χ1n) is 8.06. The zero-order chi connectivity index (χ0) is 16.2. The second kappa shape index (κ2) is 7.25. The Balaban J connectivity index is 1.52. The van der Waals surface area contributed by atoms with Gasteiger partial charge in [0.2, 0.25) is 0 Å². The monoisotopic (exact) mass is 337 g/mol. The highest BCUT2D eigenvalue weighted by Gasteiger charge is 2.31. The van der Waals surface area contributed by atoms with E-state index in [1.165, 1.54) is 5.75 Å². The largest absolute Gasteiger partial charge is 0.338 e. The van der Waals surface area contributed by atoms with Gasteiger partial charge in [-0.15, -0.1) is 0 Å². The minimum atomic E-state index is -0.469. The van der Waals surface area contributed by atoms with E-state index < -0.39 is 6.04 Å². The van der Waals surface area contributed by atoms with Crippen molar-refractivity contribution in [3.8, 4) is 0 Å². The van der Waals surface area contributed by atoms with E-state index >= 15 is 0 Å². The molecule has 0 radical (unpaired) electrons. The predicted octanol–water partition coefficient (Wildman–Crippen LogP) is 0.968. The van der Waals surface area contributed by atoms with Crippen molar-refractivity contribution in [1.82, 2.24) is 20.4 Å². The summed E-state index contributed by atoms with van der Waals surface area (Å²) in [5.74, 6) is 3.40. The van der Waals surface area contributed by atoms with Crippen molar-refractivity contribution >= 4 is 29.5 Å². The summed E-state index contributed by atoms with van der Waals surface area (Å²) in [6.07, 6.45) is 4.49. The smallest absolute Gasteiger partial charge is 0.315 e. The number of urea groups is 1. The van der Waals surface area contributed by atoms with Gasteiger partial charge in [-0.3, -0.25) is 14.4 Å². The molecule has 0 aliphatic carbocycles. The highest BCUT2D eigenvalue weighted by molar-refractivity contribution is 7.99. The molecule has 3 rings (SSSR count). The fourth-order valence-corrected chi connectivity index (χ4v) is 4.26. The zero-order valence-electron chi connectivity index (χ0n) is 13.3. The Morgan fingerprint density at radius 1 is 1.48 bits per heavy atom. The maximum Gasteiger partial charge on any atom is 0.315 e. The van der Waals surface area contributed by atoms with Crippen LogP contribution in [-0.2, 0) is 11.8 Å². The summed E-state index contributed by atoms with van der Waals surface area (Å²) >= 11 is 1.93. The molecule has 2 aliphatic heterocycles. The van der Waals surface area contributed by atoms with Gasteiger partial charge in [0.1, 0.15) is 6.04 Å². The Hall–Kier alpha value is -1.70. The number of amides is 3. The lowest BCUT2D eigenvalue weighted by atomic mass is 10.0. The second-order valence-corrected chi connectivity index (χ2v) is 7.27. The van der Waals surface area contributed by atoms with Gasteiger partial charge in [0.05, 0.1) is 0 Å². The lowest BCUT2D eigenvalue weighted by molar-refractivity contribution is -0.121. The Bertz CT molecular complexity index is 570. The van der Waals surface area contributed by atoms with Crippen LogP contribution in [0.1, 0.15) is 19.3 Å². The Labute approximate surface area is 140 Å². The first kappa shape index (κ1) is 16.2. The van der Waals surface area contributed by atoms with E-state index in [9.17, 15) is 9.59 Å². The highest BCUT2D eigenvalue weighted by Crippen LogP contribution is 2.22. The first-order chi connectivity index (χ1) is 11.1. The van der Waals surface area contributed by atoms with E-state index in [0.29, 0.717) is 31.2 Å². The fourth-order valence-electron chi connectivity index (χ4n) is 2.97. The number of thioether (sulfide) groups is 1. The lowest BCUT2D eigenvalue weighted by Crippen LogP contribution is -2.55. The van der Waals surface area contributed by atoms with Crippen LogP contribution in [0.2, 0.25) is 0 Å². The standard InChI is InChI=1S/C15H23N5O2S/c1-19-7-4-13(18-19)20-6-2-3-12(14(20)21)17-15(22)16-9-11-5-8-23-10-11/h4,7,11-12H,2-3,5-6,8-10H2,1H3,(H2,16,17,22). The number of piperidine rings is 1. The molecule has 0 saturated carbocycles. The maximum absolute atomic E-state index is 12.6. The van der Waals surface area contributed by atoms with Gasteiger partial charge in [0.15, 0.2) is 5.82 Å². The van der Waals surface area contributed by atoms with Crippen LogP contribution in [0.25, 0.3) is 0 Å².